The molecule has 0 unspecified atom stereocenters. The standard InChI is InChI=1S/C14H14BrClN2/c1-9-3-4-11(12(15)5-9)7-17-13-8-18-14(16)6-10(13)2/h3-6,8,17H,7H2,1-2H3. The van der Waals surface area contributed by atoms with Crippen molar-refractivity contribution in [2.24, 2.45) is 0 Å². The Balaban J connectivity index is 2.11. The zero-order valence-corrected chi connectivity index (χ0v) is 12.6. The normalized spacial score (nSPS) is 10.4. The number of nitrogens with zero attached hydrogens (tertiary/aromatic N) is 1. The number of hydrogen-bond acceptors (Lipinski definition) is 2. The van der Waals surface area contributed by atoms with Crippen molar-refractivity contribution in [3.8, 4) is 0 Å². The van der Waals surface area contributed by atoms with E-state index in [0.717, 1.165) is 22.3 Å². The van der Waals surface area contributed by atoms with Crippen molar-refractivity contribution < 1.29 is 0 Å². The van der Waals surface area contributed by atoms with Crippen LogP contribution >= 0.6 is 27.5 Å². The molecular formula is C14H14BrClN2. The van der Waals surface area contributed by atoms with Crippen LogP contribution in [0.3, 0.4) is 0 Å². The molecule has 0 saturated carbocycles. The third-order valence-electron chi connectivity index (χ3n) is 2.76. The molecule has 0 fully saturated rings. The number of benzene rings is 1. The van der Waals surface area contributed by atoms with Gasteiger partial charge in [0.1, 0.15) is 5.15 Å². The van der Waals surface area contributed by atoms with Gasteiger partial charge in [-0.1, -0.05) is 39.7 Å². The minimum atomic E-state index is 0.523. The molecule has 0 atom stereocenters. The van der Waals surface area contributed by atoms with Crippen molar-refractivity contribution in [1.82, 2.24) is 4.98 Å². The highest BCUT2D eigenvalue weighted by molar-refractivity contribution is 9.10. The Morgan fingerprint density at radius 3 is 2.72 bits per heavy atom. The van der Waals surface area contributed by atoms with Crippen molar-refractivity contribution in [1.29, 1.82) is 0 Å². The average Bonchev–Trinajstić information content (AvgIpc) is 2.30. The predicted molar refractivity (Wildman–Crippen MR) is 80.2 cm³/mol. The first-order valence-corrected chi connectivity index (χ1v) is 6.84. The second kappa shape index (κ2) is 5.72. The molecule has 0 aliphatic rings. The molecule has 0 aliphatic heterocycles. The number of hydrogen-bond donors (Lipinski definition) is 1. The summed E-state index contributed by atoms with van der Waals surface area (Å²) in [4.78, 5) is 4.08. The lowest BCUT2D eigenvalue weighted by molar-refractivity contribution is 1.11. The highest BCUT2D eigenvalue weighted by atomic mass is 79.9. The number of rotatable bonds is 3. The predicted octanol–water partition coefficient (Wildman–Crippen LogP) is 4.73. The molecular weight excluding hydrogens is 312 g/mol. The fourth-order valence-corrected chi connectivity index (χ4v) is 2.54. The lowest BCUT2D eigenvalue weighted by atomic mass is 10.1. The summed E-state index contributed by atoms with van der Waals surface area (Å²) in [6.07, 6.45) is 1.76. The fraction of sp³-hybridized carbons (Fsp3) is 0.214. The SMILES string of the molecule is Cc1ccc(CNc2cnc(Cl)cc2C)c(Br)c1. The van der Waals surface area contributed by atoms with Crippen LogP contribution in [0.4, 0.5) is 5.69 Å². The van der Waals surface area contributed by atoms with Crippen molar-refractivity contribution in [2.75, 3.05) is 5.32 Å². The topological polar surface area (TPSA) is 24.9 Å². The van der Waals surface area contributed by atoms with E-state index in [1.165, 1.54) is 11.1 Å². The van der Waals surface area contributed by atoms with Crippen LogP contribution < -0.4 is 5.32 Å². The van der Waals surface area contributed by atoms with Crippen LogP contribution in [0.25, 0.3) is 0 Å². The molecule has 2 nitrogen and oxygen atoms in total. The molecule has 0 spiro atoms. The van der Waals surface area contributed by atoms with Gasteiger partial charge in [-0.3, -0.25) is 0 Å². The van der Waals surface area contributed by atoms with Gasteiger partial charge in [0, 0.05) is 11.0 Å². The maximum absolute atomic E-state index is 5.83. The smallest absolute Gasteiger partial charge is 0.129 e. The summed E-state index contributed by atoms with van der Waals surface area (Å²) in [6, 6.07) is 8.19. The molecule has 18 heavy (non-hydrogen) atoms. The molecule has 0 saturated heterocycles. The maximum atomic E-state index is 5.83. The van der Waals surface area contributed by atoms with Gasteiger partial charge >= 0.3 is 0 Å². The number of pyridine rings is 1. The van der Waals surface area contributed by atoms with E-state index in [1.807, 2.05) is 13.0 Å². The average molecular weight is 326 g/mol. The molecule has 0 radical (unpaired) electrons. The number of aryl methyl sites for hydroxylation is 2. The first kappa shape index (κ1) is 13.4. The third kappa shape index (κ3) is 3.24. The molecule has 1 aromatic carbocycles. The molecule has 0 amide bonds. The number of anilines is 1. The molecule has 0 aliphatic carbocycles. The number of aromatic nitrogens is 1. The molecule has 1 aromatic heterocycles. The Morgan fingerprint density at radius 1 is 1.28 bits per heavy atom. The zero-order chi connectivity index (χ0) is 13.1. The summed E-state index contributed by atoms with van der Waals surface area (Å²) in [6.45, 7) is 4.85. The fourth-order valence-electron chi connectivity index (χ4n) is 1.69. The Morgan fingerprint density at radius 2 is 2.06 bits per heavy atom. The van der Waals surface area contributed by atoms with Crippen molar-refractivity contribution in [3.63, 3.8) is 0 Å². The Bertz CT molecular complexity index is 518. The van der Waals surface area contributed by atoms with E-state index in [1.54, 1.807) is 6.20 Å². The van der Waals surface area contributed by atoms with E-state index in [-0.39, 0.29) is 0 Å². The zero-order valence-electron chi connectivity index (χ0n) is 10.3. The van der Waals surface area contributed by atoms with Crippen LogP contribution in [-0.2, 0) is 6.54 Å². The molecule has 1 heterocycles. The molecule has 4 heteroatoms. The van der Waals surface area contributed by atoms with Gasteiger partial charge < -0.3 is 5.32 Å². The lowest BCUT2D eigenvalue weighted by Gasteiger charge is -2.11. The molecule has 0 bridgehead atoms. The van der Waals surface area contributed by atoms with Crippen molar-refractivity contribution >= 4 is 33.2 Å². The minimum absolute atomic E-state index is 0.523. The summed E-state index contributed by atoms with van der Waals surface area (Å²) in [5.74, 6) is 0. The monoisotopic (exact) mass is 324 g/mol. The van der Waals surface area contributed by atoms with Gasteiger partial charge in [-0.15, -0.1) is 0 Å². The Hall–Kier alpha value is -1.06. The van der Waals surface area contributed by atoms with Crippen LogP contribution in [0.2, 0.25) is 5.15 Å². The first-order valence-electron chi connectivity index (χ1n) is 5.67. The van der Waals surface area contributed by atoms with E-state index in [2.05, 4.69) is 51.4 Å². The van der Waals surface area contributed by atoms with Gasteiger partial charge in [0.2, 0.25) is 0 Å². The summed E-state index contributed by atoms with van der Waals surface area (Å²) in [5.41, 5.74) is 4.56. The van der Waals surface area contributed by atoms with Crippen LogP contribution in [0.1, 0.15) is 16.7 Å². The summed E-state index contributed by atoms with van der Waals surface area (Å²) < 4.78 is 1.12. The van der Waals surface area contributed by atoms with Gasteiger partial charge in [-0.05, 0) is 42.7 Å². The minimum Gasteiger partial charge on any atom is -0.379 e. The van der Waals surface area contributed by atoms with Crippen molar-refractivity contribution in [3.05, 3.63) is 56.8 Å². The third-order valence-corrected chi connectivity index (χ3v) is 3.70. The largest absolute Gasteiger partial charge is 0.379 e. The molecule has 94 valence electrons. The van der Waals surface area contributed by atoms with E-state index in [4.69, 9.17) is 11.6 Å². The summed E-state index contributed by atoms with van der Waals surface area (Å²) in [7, 11) is 0. The van der Waals surface area contributed by atoms with Gasteiger partial charge in [-0.2, -0.15) is 0 Å². The van der Waals surface area contributed by atoms with Crippen LogP contribution in [-0.4, -0.2) is 4.98 Å². The summed E-state index contributed by atoms with van der Waals surface area (Å²) >= 11 is 9.40. The van der Waals surface area contributed by atoms with Gasteiger partial charge in [0.25, 0.3) is 0 Å². The van der Waals surface area contributed by atoms with Crippen molar-refractivity contribution in [2.45, 2.75) is 20.4 Å². The van der Waals surface area contributed by atoms with Gasteiger partial charge in [0.05, 0.1) is 11.9 Å². The molecule has 1 N–H and O–H groups in total. The van der Waals surface area contributed by atoms with Crippen LogP contribution in [0.15, 0.2) is 34.9 Å². The van der Waals surface area contributed by atoms with Gasteiger partial charge in [-0.25, -0.2) is 4.98 Å². The van der Waals surface area contributed by atoms with Gasteiger partial charge in [0.15, 0.2) is 0 Å². The van der Waals surface area contributed by atoms with Crippen LogP contribution in [0, 0.1) is 13.8 Å². The molecule has 2 aromatic rings. The molecule has 2 rings (SSSR count). The first-order chi connectivity index (χ1) is 8.56. The highest BCUT2D eigenvalue weighted by Crippen LogP contribution is 2.21. The Kier molecular flexibility index (Phi) is 4.25. The maximum Gasteiger partial charge on any atom is 0.129 e. The van der Waals surface area contributed by atoms with Crippen LogP contribution in [0.5, 0.6) is 0 Å². The van der Waals surface area contributed by atoms with E-state index in [0.29, 0.717) is 5.15 Å². The summed E-state index contributed by atoms with van der Waals surface area (Å²) in [5, 5.41) is 3.89. The number of nitrogens with one attached hydrogen (secondary N) is 1. The van der Waals surface area contributed by atoms with E-state index in [9.17, 15) is 0 Å². The Labute approximate surface area is 121 Å². The second-order valence-electron chi connectivity index (χ2n) is 4.27. The lowest BCUT2D eigenvalue weighted by Crippen LogP contribution is -2.02. The second-order valence-corrected chi connectivity index (χ2v) is 5.51. The number of halogens is 2. The quantitative estimate of drug-likeness (QED) is 0.825. The van der Waals surface area contributed by atoms with E-state index < -0.39 is 0 Å². The van der Waals surface area contributed by atoms with E-state index >= 15 is 0 Å². The highest BCUT2D eigenvalue weighted by Gasteiger charge is 2.03.